The van der Waals surface area contributed by atoms with Crippen molar-refractivity contribution >= 4 is 5.78 Å². The summed E-state index contributed by atoms with van der Waals surface area (Å²) in [6.07, 6.45) is 3.00. The number of carbonyl (C=O) groups is 1. The molecule has 5 nitrogen and oxygen atoms in total. The average molecular weight is 194 g/mol. The minimum atomic E-state index is 0.0416. The summed E-state index contributed by atoms with van der Waals surface area (Å²) in [6.45, 7) is 2.01. The largest absolute Gasteiger partial charge is 0.305 e. The monoisotopic (exact) mass is 194 g/mol. The van der Waals surface area contributed by atoms with Gasteiger partial charge in [-0.3, -0.25) is 9.48 Å². The van der Waals surface area contributed by atoms with E-state index >= 15 is 0 Å². The Hall–Kier alpha value is -1.23. The summed E-state index contributed by atoms with van der Waals surface area (Å²) in [5, 5.41) is 11.2. The molecular formula is C9H14N4O. The van der Waals surface area contributed by atoms with Crippen LogP contribution in [0.4, 0.5) is 0 Å². The Kier molecular flexibility index (Phi) is 2.33. The van der Waals surface area contributed by atoms with Gasteiger partial charge in [-0.25, -0.2) is 0 Å². The van der Waals surface area contributed by atoms with Crippen molar-refractivity contribution in [1.29, 1.82) is 0 Å². The molecule has 14 heavy (non-hydrogen) atoms. The fourth-order valence-electron chi connectivity index (χ4n) is 1.83. The summed E-state index contributed by atoms with van der Waals surface area (Å²) in [5.74, 6) is 0.298. The molecule has 0 bridgehead atoms. The number of aromatic nitrogens is 3. The van der Waals surface area contributed by atoms with E-state index in [9.17, 15) is 4.79 Å². The van der Waals surface area contributed by atoms with Gasteiger partial charge in [0.25, 0.3) is 0 Å². The molecule has 1 saturated heterocycles. The molecule has 0 radical (unpaired) electrons. The minimum Gasteiger partial charge on any atom is -0.305 e. The van der Waals surface area contributed by atoms with Crippen LogP contribution in [0.3, 0.4) is 0 Å². The summed E-state index contributed by atoms with van der Waals surface area (Å²) in [5.41, 5.74) is 0.854. The molecule has 1 N–H and O–H groups in total. The number of nitrogens with zero attached hydrogens (tertiary/aromatic N) is 3. The molecule has 1 fully saturated rings. The summed E-state index contributed by atoms with van der Waals surface area (Å²) >= 11 is 0. The Morgan fingerprint density at radius 2 is 2.36 bits per heavy atom. The van der Waals surface area contributed by atoms with Crippen LogP contribution in [0.2, 0.25) is 0 Å². The zero-order chi connectivity index (χ0) is 10.1. The zero-order valence-electron chi connectivity index (χ0n) is 8.40. The molecule has 0 amide bonds. The summed E-state index contributed by atoms with van der Waals surface area (Å²) in [7, 11) is 1.82. The number of carbonyl (C=O) groups excluding carboxylic acids is 1. The zero-order valence-corrected chi connectivity index (χ0v) is 8.40. The van der Waals surface area contributed by atoms with Crippen LogP contribution in [0.1, 0.15) is 31.5 Å². The number of rotatable bonds is 1. The van der Waals surface area contributed by atoms with Crippen molar-refractivity contribution in [1.82, 2.24) is 20.3 Å². The van der Waals surface area contributed by atoms with Gasteiger partial charge in [-0.2, -0.15) is 0 Å². The minimum absolute atomic E-state index is 0.0416. The van der Waals surface area contributed by atoms with Crippen molar-refractivity contribution in [3.05, 3.63) is 11.9 Å². The second kappa shape index (κ2) is 3.49. The van der Waals surface area contributed by atoms with E-state index in [2.05, 4.69) is 15.6 Å². The van der Waals surface area contributed by atoms with Gasteiger partial charge in [0.15, 0.2) is 0 Å². The number of piperidine rings is 1. The molecule has 2 heterocycles. The van der Waals surface area contributed by atoms with Crippen LogP contribution >= 0.6 is 0 Å². The van der Waals surface area contributed by atoms with E-state index in [1.165, 1.54) is 0 Å². The van der Waals surface area contributed by atoms with Gasteiger partial charge in [0.05, 0.1) is 6.04 Å². The standard InChI is InChI=1S/C9H14N4O/c1-6-3-7(14)4-8(10-6)9-5-13(2)12-11-9/h5-6,8,10H,3-4H2,1-2H3/t6-,8-/m0/s1. The Morgan fingerprint density at radius 3 is 2.93 bits per heavy atom. The van der Waals surface area contributed by atoms with E-state index in [4.69, 9.17) is 0 Å². The van der Waals surface area contributed by atoms with E-state index in [1.54, 1.807) is 4.68 Å². The fraction of sp³-hybridized carbons (Fsp3) is 0.667. The maximum absolute atomic E-state index is 11.4. The maximum Gasteiger partial charge on any atom is 0.136 e. The van der Waals surface area contributed by atoms with Crippen LogP contribution in [-0.4, -0.2) is 26.8 Å². The van der Waals surface area contributed by atoms with Gasteiger partial charge in [0, 0.05) is 32.1 Å². The highest BCUT2D eigenvalue weighted by molar-refractivity contribution is 5.80. The highest BCUT2D eigenvalue weighted by Crippen LogP contribution is 2.21. The predicted octanol–water partition coefficient (Wildman–Crippen LogP) is 0.197. The Labute approximate surface area is 82.5 Å². The van der Waals surface area contributed by atoms with Crippen molar-refractivity contribution < 1.29 is 4.79 Å². The molecule has 0 saturated carbocycles. The van der Waals surface area contributed by atoms with Gasteiger partial charge >= 0.3 is 0 Å². The second-order valence-corrected chi connectivity index (χ2v) is 3.88. The molecular weight excluding hydrogens is 180 g/mol. The third-order valence-electron chi connectivity index (χ3n) is 2.43. The lowest BCUT2D eigenvalue weighted by Crippen LogP contribution is -2.39. The summed E-state index contributed by atoms with van der Waals surface area (Å²) < 4.78 is 1.65. The van der Waals surface area contributed by atoms with Crippen LogP contribution in [0, 0.1) is 0 Å². The number of nitrogens with one attached hydrogen (secondary N) is 1. The smallest absolute Gasteiger partial charge is 0.136 e. The molecule has 1 aromatic rings. The molecule has 76 valence electrons. The Bertz CT molecular complexity index is 346. The van der Waals surface area contributed by atoms with Crippen molar-refractivity contribution in [2.75, 3.05) is 0 Å². The molecule has 1 aromatic heterocycles. The first-order valence-corrected chi connectivity index (χ1v) is 4.79. The van der Waals surface area contributed by atoms with Crippen LogP contribution in [0.25, 0.3) is 0 Å². The molecule has 0 aliphatic carbocycles. The predicted molar refractivity (Wildman–Crippen MR) is 50.6 cm³/mol. The van der Waals surface area contributed by atoms with Crippen molar-refractivity contribution in [2.24, 2.45) is 7.05 Å². The molecule has 0 aromatic carbocycles. The lowest BCUT2D eigenvalue weighted by Gasteiger charge is -2.26. The second-order valence-electron chi connectivity index (χ2n) is 3.88. The average Bonchev–Trinajstić information content (AvgIpc) is 2.50. The summed E-state index contributed by atoms with van der Waals surface area (Å²) in [4.78, 5) is 11.4. The lowest BCUT2D eigenvalue weighted by atomic mass is 9.97. The van der Waals surface area contributed by atoms with Gasteiger partial charge in [-0.15, -0.1) is 5.10 Å². The first-order chi connectivity index (χ1) is 6.65. The number of aryl methyl sites for hydroxylation is 1. The number of hydrogen-bond donors (Lipinski definition) is 1. The van der Waals surface area contributed by atoms with Crippen molar-refractivity contribution in [3.8, 4) is 0 Å². The molecule has 2 atom stereocenters. The first kappa shape index (κ1) is 9.33. The summed E-state index contributed by atoms with van der Waals surface area (Å²) in [6, 6.07) is 0.281. The molecule has 1 aliphatic rings. The Morgan fingerprint density at radius 1 is 1.57 bits per heavy atom. The topological polar surface area (TPSA) is 59.8 Å². The number of Topliss-reactive ketones (excluding diaryl/α,β-unsaturated/α-hetero) is 1. The maximum atomic E-state index is 11.4. The third kappa shape index (κ3) is 1.82. The highest BCUT2D eigenvalue weighted by Gasteiger charge is 2.26. The van der Waals surface area contributed by atoms with Crippen molar-refractivity contribution in [3.63, 3.8) is 0 Å². The van der Waals surface area contributed by atoms with E-state index in [0.717, 1.165) is 5.69 Å². The van der Waals surface area contributed by atoms with E-state index in [-0.39, 0.29) is 12.1 Å². The van der Waals surface area contributed by atoms with Gasteiger partial charge in [0.1, 0.15) is 11.5 Å². The molecule has 0 unspecified atom stereocenters. The van der Waals surface area contributed by atoms with Gasteiger partial charge in [-0.1, -0.05) is 5.21 Å². The van der Waals surface area contributed by atoms with Crippen LogP contribution in [-0.2, 0) is 11.8 Å². The Balaban J connectivity index is 2.14. The van der Waals surface area contributed by atoms with Gasteiger partial charge in [-0.05, 0) is 6.92 Å². The fourth-order valence-corrected chi connectivity index (χ4v) is 1.83. The lowest BCUT2D eigenvalue weighted by molar-refractivity contribution is -0.121. The molecule has 2 rings (SSSR count). The molecule has 0 spiro atoms. The van der Waals surface area contributed by atoms with Crippen LogP contribution < -0.4 is 5.32 Å². The van der Waals surface area contributed by atoms with Crippen molar-refractivity contribution in [2.45, 2.75) is 31.8 Å². The molecule has 1 aliphatic heterocycles. The first-order valence-electron chi connectivity index (χ1n) is 4.79. The highest BCUT2D eigenvalue weighted by atomic mass is 16.1. The quantitative estimate of drug-likeness (QED) is 0.693. The van der Waals surface area contributed by atoms with Gasteiger partial charge in [0.2, 0.25) is 0 Å². The molecule has 5 heteroatoms. The van der Waals surface area contributed by atoms with Gasteiger partial charge < -0.3 is 5.32 Å². The van der Waals surface area contributed by atoms with E-state index in [1.807, 2.05) is 20.2 Å². The van der Waals surface area contributed by atoms with Crippen LogP contribution in [0.5, 0.6) is 0 Å². The number of ketones is 1. The van der Waals surface area contributed by atoms with E-state index < -0.39 is 0 Å². The normalized spacial score (nSPS) is 28.0. The SMILES string of the molecule is C[C@H]1CC(=O)C[C@@H](c2cn(C)nn2)N1. The number of hydrogen-bond acceptors (Lipinski definition) is 4. The third-order valence-corrected chi connectivity index (χ3v) is 2.43. The van der Waals surface area contributed by atoms with E-state index in [0.29, 0.717) is 18.6 Å². The van der Waals surface area contributed by atoms with Crippen LogP contribution in [0.15, 0.2) is 6.20 Å².